The number of rotatable bonds is 2. The molecule has 0 fully saturated rings. The Bertz CT molecular complexity index is 352. The lowest BCUT2D eigenvalue weighted by molar-refractivity contribution is 0.0943. The first-order valence-corrected chi connectivity index (χ1v) is 5.72. The maximum atomic E-state index is 11.6. The maximum absolute atomic E-state index is 11.6. The maximum Gasteiger partial charge on any atom is 0.253 e. The van der Waals surface area contributed by atoms with Crippen LogP contribution in [0.5, 0.6) is 0 Å². The molecule has 0 aliphatic carbocycles. The van der Waals surface area contributed by atoms with Gasteiger partial charge in [0.15, 0.2) is 0 Å². The molecule has 1 aromatic carbocycles. The summed E-state index contributed by atoms with van der Waals surface area (Å²) < 4.78 is 1.00. The van der Waals surface area contributed by atoms with E-state index in [2.05, 4.69) is 27.9 Å². The van der Waals surface area contributed by atoms with Crippen LogP contribution in [0.25, 0.3) is 0 Å². The Morgan fingerprint density at radius 3 is 2.71 bits per heavy atom. The Hall–Kier alpha value is -0.290. The van der Waals surface area contributed by atoms with E-state index in [1.165, 1.54) is 0 Å². The molecule has 0 spiro atoms. The Morgan fingerprint density at radius 1 is 1.50 bits per heavy atom. The zero-order valence-corrected chi connectivity index (χ0v) is 10.9. The third-order valence-electron chi connectivity index (χ3n) is 1.59. The minimum atomic E-state index is -0.122. The van der Waals surface area contributed by atoms with Crippen LogP contribution in [0.4, 0.5) is 0 Å². The average Bonchev–Trinajstić information content (AvgIpc) is 2.08. The number of carbonyl (C=O) groups excluding carboxylic acids is 1. The van der Waals surface area contributed by atoms with Gasteiger partial charge in [0, 0.05) is 9.61 Å². The summed E-state index contributed by atoms with van der Waals surface area (Å²) in [5, 5.41) is 3.29. The minimum absolute atomic E-state index is 0.122. The van der Waals surface area contributed by atoms with Crippen molar-refractivity contribution in [1.82, 2.24) is 5.32 Å². The Kier molecular flexibility index (Phi) is 4.19. The molecule has 0 aromatic heterocycles. The van der Waals surface area contributed by atoms with Crippen molar-refractivity contribution < 1.29 is 4.79 Å². The second-order valence-corrected chi connectivity index (χ2v) is 4.91. The van der Waals surface area contributed by atoms with Crippen molar-refractivity contribution in [3.63, 3.8) is 0 Å². The van der Waals surface area contributed by atoms with Gasteiger partial charge in [-0.15, -0.1) is 0 Å². The quantitative estimate of drug-likeness (QED) is 0.833. The average molecular weight is 324 g/mol. The van der Waals surface area contributed by atoms with Crippen LogP contribution >= 0.6 is 34.2 Å². The summed E-state index contributed by atoms with van der Waals surface area (Å²) >= 11 is 8.06. The molecule has 0 unspecified atom stereocenters. The van der Waals surface area contributed by atoms with Crippen LogP contribution in [0, 0.1) is 3.57 Å². The van der Waals surface area contributed by atoms with Gasteiger partial charge in [-0.3, -0.25) is 4.79 Å². The summed E-state index contributed by atoms with van der Waals surface area (Å²) in [5.74, 6) is -0.122. The van der Waals surface area contributed by atoms with Gasteiger partial charge in [-0.2, -0.15) is 0 Å². The number of carbonyl (C=O) groups is 1. The third-order valence-corrected chi connectivity index (χ3v) is 2.59. The molecule has 0 bridgehead atoms. The highest BCUT2D eigenvalue weighted by Gasteiger charge is 2.11. The van der Waals surface area contributed by atoms with Gasteiger partial charge in [-0.1, -0.05) is 11.6 Å². The first-order valence-electron chi connectivity index (χ1n) is 4.26. The van der Waals surface area contributed by atoms with E-state index in [1.54, 1.807) is 12.1 Å². The molecule has 1 aromatic rings. The van der Waals surface area contributed by atoms with E-state index in [9.17, 15) is 4.79 Å². The van der Waals surface area contributed by atoms with Crippen LogP contribution in [0.3, 0.4) is 0 Å². The molecule has 14 heavy (non-hydrogen) atoms. The molecule has 0 heterocycles. The molecule has 0 saturated heterocycles. The number of halogens is 2. The fraction of sp³-hybridized carbons (Fsp3) is 0.300. The van der Waals surface area contributed by atoms with Gasteiger partial charge in [0.05, 0.1) is 10.6 Å². The predicted molar refractivity (Wildman–Crippen MR) is 66.8 cm³/mol. The molecular weight excluding hydrogens is 312 g/mol. The van der Waals surface area contributed by atoms with Gasteiger partial charge < -0.3 is 5.32 Å². The van der Waals surface area contributed by atoms with Crippen LogP contribution < -0.4 is 5.32 Å². The van der Waals surface area contributed by atoms with Crippen LogP contribution in [0.1, 0.15) is 24.2 Å². The van der Waals surface area contributed by atoms with Gasteiger partial charge in [-0.25, -0.2) is 0 Å². The topological polar surface area (TPSA) is 29.1 Å². The van der Waals surface area contributed by atoms with E-state index >= 15 is 0 Å². The van der Waals surface area contributed by atoms with Crippen LogP contribution in [-0.4, -0.2) is 11.9 Å². The molecule has 76 valence electrons. The molecule has 2 nitrogen and oxygen atoms in total. The molecule has 0 aliphatic rings. The molecule has 0 aliphatic heterocycles. The number of benzene rings is 1. The Morgan fingerprint density at radius 2 is 2.14 bits per heavy atom. The summed E-state index contributed by atoms with van der Waals surface area (Å²) in [6.45, 7) is 3.83. The van der Waals surface area contributed by atoms with Crippen molar-refractivity contribution in [2.24, 2.45) is 0 Å². The van der Waals surface area contributed by atoms with Gasteiger partial charge in [0.2, 0.25) is 0 Å². The van der Waals surface area contributed by atoms with Gasteiger partial charge >= 0.3 is 0 Å². The first kappa shape index (κ1) is 11.8. The highest BCUT2D eigenvalue weighted by Crippen LogP contribution is 2.18. The van der Waals surface area contributed by atoms with Gasteiger partial charge in [0.25, 0.3) is 5.91 Å². The van der Waals surface area contributed by atoms with E-state index in [0.717, 1.165) is 3.57 Å². The molecule has 0 atom stereocenters. The van der Waals surface area contributed by atoms with Crippen LogP contribution in [0.15, 0.2) is 18.2 Å². The van der Waals surface area contributed by atoms with Gasteiger partial charge in [0.1, 0.15) is 0 Å². The predicted octanol–water partition coefficient (Wildman–Crippen LogP) is 3.08. The number of hydrogen-bond donors (Lipinski definition) is 1. The zero-order chi connectivity index (χ0) is 10.7. The highest BCUT2D eigenvalue weighted by molar-refractivity contribution is 14.1. The summed E-state index contributed by atoms with van der Waals surface area (Å²) in [6.07, 6.45) is 0. The van der Waals surface area contributed by atoms with E-state index in [0.29, 0.717) is 10.6 Å². The second-order valence-electron chi connectivity index (χ2n) is 3.25. The lowest BCUT2D eigenvalue weighted by Crippen LogP contribution is -2.30. The van der Waals surface area contributed by atoms with Crippen molar-refractivity contribution in [2.75, 3.05) is 0 Å². The van der Waals surface area contributed by atoms with Crippen LogP contribution in [0.2, 0.25) is 5.02 Å². The zero-order valence-electron chi connectivity index (χ0n) is 7.97. The first-order chi connectivity index (χ1) is 6.50. The number of nitrogens with one attached hydrogen (secondary N) is 1. The van der Waals surface area contributed by atoms with E-state index in [-0.39, 0.29) is 11.9 Å². The lowest BCUT2D eigenvalue weighted by Gasteiger charge is -2.09. The molecule has 0 radical (unpaired) electrons. The lowest BCUT2D eigenvalue weighted by atomic mass is 10.2. The van der Waals surface area contributed by atoms with Crippen molar-refractivity contribution in [3.8, 4) is 0 Å². The SMILES string of the molecule is CC(C)NC(=O)c1cc(I)ccc1Cl. The minimum Gasteiger partial charge on any atom is -0.350 e. The summed E-state index contributed by atoms with van der Waals surface area (Å²) in [6, 6.07) is 5.50. The van der Waals surface area contributed by atoms with E-state index < -0.39 is 0 Å². The summed E-state index contributed by atoms with van der Waals surface area (Å²) in [7, 11) is 0. The molecule has 0 saturated carbocycles. The molecule has 1 amide bonds. The fourth-order valence-electron chi connectivity index (χ4n) is 1.01. The molecule has 1 N–H and O–H groups in total. The Labute approximate surface area is 102 Å². The molecule has 4 heteroatoms. The van der Waals surface area contributed by atoms with Crippen molar-refractivity contribution in [3.05, 3.63) is 32.4 Å². The second kappa shape index (κ2) is 4.98. The largest absolute Gasteiger partial charge is 0.350 e. The van der Waals surface area contributed by atoms with Gasteiger partial charge in [-0.05, 0) is 54.6 Å². The smallest absolute Gasteiger partial charge is 0.253 e. The standard InChI is InChI=1S/C10H11ClINO/c1-6(2)13-10(14)8-5-7(12)3-4-9(8)11/h3-6H,1-2H3,(H,13,14). The fourth-order valence-corrected chi connectivity index (χ4v) is 1.71. The third kappa shape index (κ3) is 3.13. The van der Waals surface area contributed by atoms with Crippen molar-refractivity contribution >= 4 is 40.1 Å². The molecule has 1 rings (SSSR count). The number of amides is 1. The van der Waals surface area contributed by atoms with E-state index in [1.807, 2.05) is 19.9 Å². The van der Waals surface area contributed by atoms with Crippen molar-refractivity contribution in [2.45, 2.75) is 19.9 Å². The monoisotopic (exact) mass is 323 g/mol. The van der Waals surface area contributed by atoms with E-state index in [4.69, 9.17) is 11.6 Å². The van der Waals surface area contributed by atoms with Crippen molar-refractivity contribution in [1.29, 1.82) is 0 Å². The highest BCUT2D eigenvalue weighted by atomic mass is 127. The molecular formula is C10H11ClINO. The Balaban J connectivity index is 2.94. The summed E-state index contributed by atoms with van der Waals surface area (Å²) in [5.41, 5.74) is 0.535. The number of hydrogen-bond acceptors (Lipinski definition) is 1. The summed E-state index contributed by atoms with van der Waals surface area (Å²) in [4.78, 5) is 11.6. The van der Waals surface area contributed by atoms with Crippen LogP contribution in [-0.2, 0) is 0 Å². The normalized spacial score (nSPS) is 10.4.